The maximum absolute atomic E-state index is 12.4. The number of halogens is 3. The molecule has 5 rings (SSSR count). The van der Waals surface area contributed by atoms with E-state index in [4.69, 9.17) is 14.1 Å². The molecule has 0 amide bonds. The van der Waals surface area contributed by atoms with Crippen LogP contribution >= 0.6 is 0 Å². The summed E-state index contributed by atoms with van der Waals surface area (Å²) in [6.07, 6.45) is -1.89. The van der Waals surface area contributed by atoms with E-state index >= 15 is 0 Å². The first-order chi connectivity index (χ1) is 15.9. The summed E-state index contributed by atoms with van der Waals surface area (Å²) in [5.74, 6) is 2.41. The topological polar surface area (TPSA) is 47.7 Å². The van der Waals surface area contributed by atoms with Crippen LogP contribution in [0.4, 0.5) is 13.2 Å². The average molecular weight is 458 g/mol. The Bertz CT molecular complexity index is 1120. The molecular weight excluding hydrogens is 433 g/mol. The van der Waals surface area contributed by atoms with Gasteiger partial charge >= 0.3 is 6.36 Å². The van der Waals surface area contributed by atoms with E-state index in [2.05, 4.69) is 15.7 Å². The number of alkyl halides is 3. The molecule has 1 fully saturated rings. The lowest BCUT2D eigenvalue weighted by Crippen LogP contribution is -2.32. The third-order valence-corrected chi connectivity index (χ3v) is 6.38. The monoisotopic (exact) mass is 458 g/mol. The quantitative estimate of drug-likeness (QED) is 0.479. The molecule has 2 aliphatic rings. The first kappa shape index (κ1) is 21.8. The van der Waals surface area contributed by atoms with Crippen molar-refractivity contribution in [3.05, 3.63) is 65.0 Å². The number of hydrogen-bond acceptors (Lipinski definition) is 5. The molecule has 5 nitrogen and oxygen atoms in total. The van der Waals surface area contributed by atoms with Crippen LogP contribution < -0.4 is 9.47 Å². The zero-order valence-electron chi connectivity index (χ0n) is 18.3. The van der Waals surface area contributed by atoms with Crippen molar-refractivity contribution in [2.45, 2.75) is 45.0 Å². The van der Waals surface area contributed by atoms with E-state index in [0.29, 0.717) is 25.0 Å². The summed E-state index contributed by atoms with van der Waals surface area (Å²) in [4.78, 5) is 7.12. The van der Waals surface area contributed by atoms with Crippen LogP contribution in [0.25, 0.3) is 11.5 Å². The van der Waals surface area contributed by atoms with Gasteiger partial charge in [-0.1, -0.05) is 24.3 Å². The Morgan fingerprint density at radius 3 is 2.58 bits per heavy atom. The van der Waals surface area contributed by atoms with Crippen molar-refractivity contribution >= 4 is 0 Å². The van der Waals surface area contributed by atoms with Crippen LogP contribution in [0.15, 0.2) is 46.9 Å². The van der Waals surface area contributed by atoms with E-state index in [-0.39, 0.29) is 5.75 Å². The van der Waals surface area contributed by atoms with Crippen LogP contribution in [-0.2, 0) is 13.0 Å². The number of likely N-dealkylation sites (tertiary alicyclic amines) is 1. The molecule has 2 aliphatic heterocycles. The van der Waals surface area contributed by atoms with Crippen molar-refractivity contribution in [3.8, 4) is 23.0 Å². The number of aryl methyl sites for hydroxylation is 1. The number of aromatic nitrogens is 1. The largest absolute Gasteiger partial charge is 0.573 e. The van der Waals surface area contributed by atoms with Crippen LogP contribution in [0, 0.1) is 6.92 Å². The SMILES string of the molecule is Cc1oc(-c2cccc3c2OCC3)nc1CN1CCC(c2ccc(OC(F)(F)F)cc2)CC1. The molecule has 0 unspecified atom stereocenters. The van der Waals surface area contributed by atoms with Crippen molar-refractivity contribution < 1.29 is 27.1 Å². The lowest BCUT2D eigenvalue weighted by molar-refractivity contribution is -0.274. The number of hydrogen-bond donors (Lipinski definition) is 0. The molecule has 1 saturated heterocycles. The highest BCUT2D eigenvalue weighted by atomic mass is 19.4. The molecule has 3 aromatic rings. The Morgan fingerprint density at radius 2 is 1.85 bits per heavy atom. The lowest BCUT2D eigenvalue weighted by Gasteiger charge is -2.31. The summed E-state index contributed by atoms with van der Waals surface area (Å²) in [5.41, 5.74) is 4.05. The van der Waals surface area contributed by atoms with Crippen LogP contribution in [-0.4, -0.2) is 35.9 Å². The van der Waals surface area contributed by atoms with Gasteiger partial charge in [-0.05, 0) is 68.1 Å². The molecule has 2 aromatic carbocycles. The fourth-order valence-corrected chi connectivity index (χ4v) is 4.65. The highest BCUT2D eigenvalue weighted by molar-refractivity contribution is 5.66. The van der Waals surface area contributed by atoms with Crippen molar-refractivity contribution in [3.63, 3.8) is 0 Å². The molecule has 0 N–H and O–H groups in total. The Kier molecular flexibility index (Phi) is 5.78. The highest BCUT2D eigenvalue weighted by Crippen LogP contribution is 2.37. The molecule has 174 valence electrons. The summed E-state index contributed by atoms with van der Waals surface area (Å²) in [7, 11) is 0. The van der Waals surface area contributed by atoms with E-state index in [1.54, 1.807) is 12.1 Å². The van der Waals surface area contributed by atoms with Gasteiger partial charge in [0.25, 0.3) is 0 Å². The third-order valence-electron chi connectivity index (χ3n) is 6.38. The summed E-state index contributed by atoms with van der Waals surface area (Å²) >= 11 is 0. The second-order valence-corrected chi connectivity index (χ2v) is 8.58. The Morgan fingerprint density at radius 1 is 1.09 bits per heavy atom. The first-order valence-corrected chi connectivity index (χ1v) is 11.1. The number of para-hydroxylation sites is 1. The maximum Gasteiger partial charge on any atom is 0.573 e. The Hall–Kier alpha value is -3.00. The average Bonchev–Trinajstić information content (AvgIpc) is 3.40. The second-order valence-electron chi connectivity index (χ2n) is 8.58. The standard InChI is InChI=1S/C25H25F3N2O3/c1-16-22(29-24(32-16)21-4-2-3-19-11-14-31-23(19)21)15-30-12-9-18(10-13-30)17-5-7-20(8-6-17)33-25(26,27)28/h2-8,18H,9-15H2,1H3. The van der Waals surface area contributed by atoms with Gasteiger partial charge in [0.05, 0.1) is 17.9 Å². The van der Waals surface area contributed by atoms with Gasteiger partial charge in [-0.25, -0.2) is 4.98 Å². The van der Waals surface area contributed by atoms with Gasteiger partial charge in [-0.15, -0.1) is 13.2 Å². The second kappa shape index (κ2) is 8.74. The fraction of sp³-hybridized carbons (Fsp3) is 0.400. The Labute approximate surface area is 190 Å². The minimum absolute atomic E-state index is 0.185. The van der Waals surface area contributed by atoms with Gasteiger partial charge in [0.2, 0.25) is 5.89 Å². The van der Waals surface area contributed by atoms with E-state index in [9.17, 15) is 13.2 Å². The molecule has 0 aliphatic carbocycles. The number of fused-ring (bicyclic) bond motifs is 1. The van der Waals surface area contributed by atoms with Gasteiger partial charge in [0.15, 0.2) is 0 Å². The van der Waals surface area contributed by atoms with E-state index in [0.717, 1.165) is 60.7 Å². The molecule has 0 atom stereocenters. The first-order valence-electron chi connectivity index (χ1n) is 11.1. The predicted molar refractivity (Wildman–Crippen MR) is 116 cm³/mol. The van der Waals surface area contributed by atoms with Crippen molar-refractivity contribution in [1.29, 1.82) is 0 Å². The fourth-order valence-electron chi connectivity index (χ4n) is 4.65. The van der Waals surface area contributed by atoms with Crippen molar-refractivity contribution in [1.82, 2.24) is 9.88 Å². The summed E-state index contributed by atoms with van der Waals surface area (Å²) in [6.45, 7) is 5.10. The zero-order chi connectivity index (χ0) is 23.0. The minimum Gasteiger partial charge on any atom is -0.492 e. The molecule has 3 heterocycles. The lowest BCUT2D eigenvalue weighted by atomic mass is 9.89. The summed E-state index contributed by atoms with van der Waals surface area (Å²) < 4.78 is 52.8. The summed E-state index contributed by atoms with van der Waals surface area (Å²) in [6, 6.07) is 12.3. The van der Waals surface area contributed by atoms with Crippen LogP contribution in [0.3, 0.4) is 0 Å². The van der Waals surface area contributed by atoms with Gasteiger partial charge < -0.3 is 13.9 Å². The Balaban J connectivity index is 1.20. The normalized spacial score (nSPS) is 17.1. The van der Waals surface area contributed by atoms with Crippen LogP contribution in [0.1, 0.15) is 41.3 Å². The number of benzene rings is 2. The molecule has 0 radical (unpaired) electrons. The number of oxazole rings is 1. The van der Waals surface area contributed by atoms with Gasteiger partial charge in [-0.3, -0.25) is 4.90 Å². The van der Waals surface area contributed by atoms with Gasteiger partial charge in [0, 0.05) is 13.0 Å². The number of ether oxygens (including phenoxy) is 2. The highest BCUT2D eigenvalue weighted by Gasteiger charge is 2.31. The molecule has 1 aromatic heterocycles. The molecule has 0 bridgehead atoms. The molecular formula is C25H25F3N2O3. The molecule has 8 heteroatoms. The molecule has 0 saturated carbocycles. The van der Waals surface area contributed by atoms with E-state index < -0.39 is 6.36 Å². The van der Waals surface area contributed by atoms with Crippen LogP contribution in [0.2, 0.25) is 0 Å². The van der Waals surface area contributed by atoms with Gasteiger partial charge in [-0.2, -0.15) is 0 Å². The summed E-state index contributed by atoms with van der Waals surface area (Å²) in [5, 5.41) is 0. The van der Waals surface area contributed by atoms with Gasteiger partial charge in [0.1, 0.15) is 17.3 Å². The minimum atomic E-state index is -4.67. The zero-order valence-corrected chi connectivity index (χ0v) is 18.3. The smallest absolute Gasteiger partial charge is 0.492 e. The predicted octanol–water partition coefficient (Wildman–Crippen LogP) is 5.86. The molecule has 0 spiro atoms. The van der Waals surface area contributed by atoms with Crippen LogP contribution in [0.5, 0.6) is 11.5 Å². The van der Waals surface area contributed by atoms with E-state index in [1.165, 1.54) is 17.7 Å². The molecule has 33 heavy (non-hydrogen) atoms. The number of nitrogens with zero attached hydrogens (tertiary/aromatic N) is 2. The third kappa shape index (κ3) is 4.85. The number of piperidine rings is 1. The van der Waals surface area contributed by atoms with Crippen molar-refractivity contribution in [2.24, 2.45) is 0 Å². The van der Waals surface area contributed by atoms with Crippen molar-refractivity contribution in [2.75, 3.05) is 19.7 Å². The van der Waals surface area contributed by atoms with E-state index in [1.807, 2.05) is 19.1 Å². The number of rotatable bonds is 5. The maximum atomic E-state index is 12.4.